The monoisotopic (exact) mass is 470 g/mol. The Hall–Kier alpha value is -4.52. The molecule has 0 heterocycles. The molecule has 0 aromatic heterocycles. The summed E-state index contributed by atoms with van der Waals surface area (Å²) in [7, 11) is 0. The number of nitrogens with two attached hydrogens (primary N) is 1. The van der Waals surface area contributed by atoms with Gasteiger partial charge in [-0.25, -0.2) is 4.79 Å². The van der Waals surface area contributed by atoms with Gasteiger partial charge in [-0.15, -0.1) is 0 Å². The van der Waals surface area contributed by atoms with Crippen LogP contribution >= 0.6 is 0 Å². The maximum absolute atomic E-state index is 13.4. The van der Waals surface area contributed by atoms with Crippen LogP contribution in [0.2, 0.25) is 0 Å². The van der Waals surface area contributed by atoms with Crippen molar-refractivity contribution < 1.29 is 24.3 Å². The van der Waals surface area contributed by atoms with Crippen LogP contribution in [0, 0.1) is 0 Å². The number of nitrogens with zero attached hydrogens (tertiary/aromatic N) is 1. The third-order valence-electron chi connectivity index (χ3n) is 5.43. The predicted molar refractivity (Wildman–Crippen MR) is 132 cm³/mol. The van der Waals surface area contributed by atoms with Crippen molar-refractivity contribution >= 4 is 29.6 Å². The van der Waals surface area contributed by atoms with Gasteiger partial charge in [-0.05, 0) is 35.8 Å². The highest BCUT2D eigenvalue weighted by Gasteiger charge is 2.30. The molecule has 0 aliphatic carbocycles. The second-order valence-corrected chi connectivity index (χ2v) is 7.96. The summed E-state index contributed by atoms with van der Waals surface area (Å²) in [6.07, 6.45) is 2.86. The van der Waals surface area contributed by atoms with Crippen molar-refractivity contribution in [2.75, 3.05) is 0 Å². The van der Waals surface area contributed by atoms with Gasteiger partial charge < -0.3 is 15.7 Å². The van der Waals surface area contributed by atoms with E-state index in [9.17, 15) is 24.3 Å². The van der Waals surface area contributed by atoms with E-state index in [-0.39, 0.29) is 30.7 Å². The molecule has 35 heavy (non-hydrogen) atoms. The second-order valence-electron chi connectivity index (χ2n) is 7.96. The molecule has 7 nitrogen and oxygen atoms in total. The fraction of sp³-hybridized carbons (Fsp3) is 0.143. The molecular weight excluding hydrogens is 444 g/mol. The highest BCUT2D eigenvalue weighted by Crippen LogP contribution is 2.18. The predicted octanol–water partition coefficient (Wildman–Crippen LogP) is 3.94. The first-order valence-corrected chi connectivity index (χ1v) is 11.1. The van der Waals surface area contributed by atoms with Crippen molar-refractivity contribution in [1.29, 1.82) is 0 Å². The number of primary amides is 1. The number of allylic oxidation sites excluding steroid dienone is 1. The number of benzene rings is 3. The number of hydrogen-bond acceptors (Lipinski definition) is 4. The Morgan fingerprint density at radius 1 is 0.829 bits per heavy atom. The summed E-state index contributed by atoms with van der Waals surface area (Å²) in [6, 6.07) is 23.2. The average molecular weight is 471 g/mol. The first-order valence-electron chi connectivity index (χ1n) is 11.1. The van der Waals surface area contributed by atoms with E-state index in [1.165, 1.54) is 11.0 Å². The van der Waals surface area contributed by atoms with Gasteiger partial charge in [0.25, 0.3) is 5.91 Å². The Bertz CT molecular complexity index is 1210. The van der Waals surface area contributed by atoms with Gasteiger partial charge in [0, 0.05) is 24.1 Å². The number of amides is 2. The van der Waals surface area contributed by atoms with Gasteiger partial charge in [0.1, 0.15) is 6.04 Å². The maximum atomic E-state index is 13.4. The Balaban J connectivity index is 1.81. The van der Waals surface area contributed by atoms with E-state index < -0.39 is 23.8 Å². The molecule has 7 heteroatoms. The first kappa shape index (κ1) is 25.1. The van der Waals surface area contributed by atoms with Crippen molar-refractivity contribution in [2.24, 2.45) is 5.73 Å². The van der Waals surface area contributed by atoms with Gasteiger partial charge in [0.2, 0.25) is 5.91 Å². The van der Waals surface area contributed by atoms with Crippen molar-refractivity contribution in [3.63, 3.8) is 0 Å². The molecule has 3 N–H and O–H groups in total. The number of aliphatic carboxylic acids is 1. The van der Waals surface area contributed by atoms with E-state index in [2.05, 4.69) is 0 Å². The lowest BCUT2D eigenvalue weighted by molar-refractivity contribution is -0.143. The van der Waals surface area contributed by atoms with E-state index >= 15 is 0 Å². The molecule has 0 saturated heterocycles. The maximum Gasteiger partial charge on any atom is 0.326 e. The van der Waals surface area contributed by atoms with E-state index in [1.54, 1.807) is 78.9 Å². The molecule has 0 unspecified atom stereocenters. The fourth-order valence-electron chi connectivity index (χ4n) is 3.57. The molecule has 178 valence electrons. The molecule has 0 radical (unpaired) electrons. The number of carbonyl (C=O) groups is 4. The number of carboxylic acids is 1. The van der Waals surface area contributed by atoms with Gasteiger partial charge in [-0.2, -0.15) is 0 Å². The SMILES string of the molecule is NC(=O)CC[C@@H](C(=O)O)N(Cc1ccccc1)C(=O)c1ccc(C=CC(=O)c2ccccc2)cc1. The quantitative estimate of drug-likeness (QED) is 0.325. The molecule has 0 aliphatic rings. The third kappa shape index (κ3) is 7.23. The number of carboxylic acid groups (broad SMARTS) is 1. The van der Waals surface area contributed by atoms with E-state index in [1.807, 2.05) is 12.1 Å². The Morgan fingerprint density at radius 3 is 2.00 bits per heavy atom. The highest BCUT2D eigenvalue weighted by molar-refractivity contribution is 6.06. The van der Waals surface area contributed by atoms with Gasteiger partial charge in [0.15, 0.2) is 5.78 Å². The molecule has 0 fully saturated rings. The van der Waals surface area contributed by atoms with Crippen LogP contribution in [0.25, 0.3) is 6.08 Å². The minimum absolute atomic E-state index is 0.0582. The number of hydrogen-bond donors (Lipinski definition) is 2. The van der Waals surface area contributed by atoms with Crippen LogP contribution in [0.1, 0.15) is 44.7 Å². The van der Waals surface area contributed by atoms with Crippen molar-refractivity contribution in [3.8, 4) is 0 Å². The molecule has 2 amide bonds. The first-order chi connectivity index (χ1) is 16.8. The molecule has 0 aliphatic heterocycles. The second kappa shape index (κ2) is 12.1. The minimum Gasteiger partial charge on any atom is -0.480 e. The molecule has 0 bridgehead atoms. The zero-order valence-corrected chi connectivity index (χ0v) is 19.0. The summed E-state index contributed by atoms with van der Waals surface area (Å²) >= 11 is 0. The summed E-state index contributed by atoms with van der Waals surface area (Å²) in [5.74, 6) is -2.47. The van der Waals surface area contributed by atoms with E-state index in [0.717, 1.165) is 5.56 Å². The molecule has 3 aromatic carbocycles. The van der Waals surface area contributed by atoms with Crippen molar-refractivity contribution in [2.45, 2.75) is 25.4 Å². The van der Waals surface area contributed by atoms with Gasteiger partial charge >= 0.3 is 5.97 Å². The van der Waals surface area contributed by atoms with Crippen LogP contribution in [0.15, 0.2) is 91.0 Å². The summed E-state index contributed by atoms with van der Waals surface area (Å²) < 4.78 is 0. The van der Waals surface area contributed by atoms with Gasteiger partial charge in [0.05, 0.1) is 0 Å². The average Bonchev–Trinajstić information content (AvgIpc) is 2.87. The van der Waals surface area contributed by atoms with Crippen molar-refractivity contribution in [3.05, 3.63) is 113 Å². The summed E-state index contributed by atoms with van der Waals surface area (Å²) in [5, 5.41) is 9.80. The fourth-order valence-corrected chi connectivity index (χ4v) is 3.57. The Morgan fingerprint density at radius 2 is 1.43 bits per heavy atom. The van der Waals surface area contributed by atoms with E-state index in [4.69, 9.17) is 5.73 Å². The standard InChI is InChI=1S/C28H26N2O5/c29-26(32)18-16-24(28(34)35)30(19-21-7-3-1-4-8-21)27(33)23-14-11-20(12-15-23)13-17-25(31)22-9-5-2-6-10-22/h1-15,17,24H,16,18-19H2,(H2,29,32)(H,34,35)/t24-/m0/s1. The summed E-state index contributed by atoms with van der Waals surface area (Å²) in [6.45, 7) is 0.0582. The van der Waals surface area contributed by atoms with Gasteiger partial charge in [-0.3, -0.25) is 14.4 Å². The molecule has 0 spiro atoms. The molecule has 1 atom stereocenters. The van der Waals surface area contributed by atoms with E-state index in [0.29, 0.717) is 11.1 Å². The molecular formula is C28H26N2O5. The van der Waals surface area contributed by atoms with Gasteiger partial charge in [-0.1, -0.05) is 78.9 Å². The lowest BCUT2D eigenvalue weighted by Crippen LogP contribution is -2.45. The topological polar surface area (TPSA) is 118 Å². The lowest BCUT2D eigenvalue weighted by atomic mass is 10.0. The van der Waals surface area contributed by atoms with Crippen LogP contribution in [-0.4, -0.2) is 39.6 Å². The van der Waals surface area contributed by atoms with Crippen LogP contribution in [0.5, 0.6) is 0 Å². The number of rotatable bonds is 11. The number of carbonyl (C=O) groups excluding carboxylic acids is 3. The smallest absolute Gasteiger partial charge is 0.326 e. The minimum atomic E-state index is -1.22. The Labute approximate surface area is 203 Å². The van der Waals surface area contributed by atoms with Crippen LogP contribution in [-0.2, 0) is 16.1 Å². The van der Waals surface area contributed by atoms with Crippen molar-refractivity contribution in [1.82, 2.24) is 4.90 Å². The summed E-state index contributed by atoms with van der Waals surface area (Å²) in [5.41, 5.74) is 7.55. The normalized spacial score (nSPS) is 11.7. The number of ketones is 1. The lowest BCUT2D eigenvalue weighted by Gasteiger charge is -2.29. The largest absolute Gasteiger partial charge is 0.480 e. The summed E-state index contributed by atoms with van der Waals surface area (Å²) in [4.78, 5) is 50.2. The molecule has 0 saturated carbocycles. The molecule has 3 rings (SSSR count). The van der Waals surface area contributed by atoms with Crippen LogP contribution < -0.4 is 5.73 Å². The Kier molecular flexibility index (Phi) is 8.67. The zero-order chi connectivity index (χ0) is 25.2. The third-order valence-corrected chi connectivity index (χ3v) is 5.43. The molecule has 3 aromatic rings. The highest BCUT2D eigenvalue weighted by atomic mass is 16.4. The van der Waals surface area contributed by atoms with Crippen LogP contribution in [0.4, 0.5) is 0 Å². The van der Waals surface area contributed by atoms with Crippen LogP contribution in [0.3, 0.4) is 0 Å². The zero-order valence-electron chi connectivity index (χ0n) is 19.0.